The summed E-state index contributed by atoms with van der Waals surface area (Å²) in [6.45, 7) is 9.06. The van der Waals surface area contributed by atoms with Gasteiger partial charge in [-0.2, -0.15) is 0 Å². The molecule has 5 rings (SSSR count). The monoisotopic (exact) mass is 590 g/mol. The number of aryl methyl sites for hydroxylation is 3. The number of aromatic nitrogens is 1. The zero-order chi connectivity index (χ0) is 31.3. The largest absolute Gasteiger partial charge is 0.490 e. The molecule has 1 amide bonds. The second-order valence-electron chi connectivity index (χ2n) is 13.3. The van der Waals surface area contributed by atoms with E-state index >= 15 is 0 Å². The number of nitrogens with zero attached hydrogens (tertiary/aromatic N) is 2. The van der Waals surface area contributed by atoms with Crippen molar-refractivity contribution in [3.63, 3.8) is 0 Å². The van der Waals surface area contributed by atoms with E-state index in [1.807, 2.05) is 24.9 Å². The molecule has 0 aliphatic heterocycles. The van der Waals surface area contributed by atoms with Crippen LogP contribution in [0.15, 0.2) is 47.4 Å². The molecule has 0 saturated heterocycles. The van der Waals surface area contributed by atoms with E-state index in [0.717, 1.165) is 38.5 Å². The summed E-state index contributed by atoms with van der Waals surface area (Å²) in [7, 11) is 3.60. The van der Waals surface area contributed by atoms with Gasteiger partial charge in [-0.05, 0) is 107 Å². The molecule has 1 heterocycles. The number of hydrogen-bond acceptors (Lipinski definition) is 5. The van der Waals surface area contributed by atoms with Crippen molar-refractivity contribution in [3.8, 4) is 28.4 Å². The lowest BCUT2D eigenvalue weighted by Crippen LogP contribution is -2.43. The second-order valence-corrected chi connectivity index (χ2v) is 13.3. The minimum absolute atomic E-state index is 0.120. The topological polar surface area (TPSA) is 81.0 Å². The van der Waals surface area contributed by atoms with Crippen LogP contribution in [-0.4, -0.2) is 39.7 Å². The van der Waals surface area contributed by atoms with Crippen LogP contribution in [0.3, 0.4) is 0 Å². The van der Waals surface area contributed by atoms with E-state index in [9.17, 15) is 19.1 Å². The highest BCUT2D eigenvalue weighted by molar-refractivity contribution is 5.85. The Kier molecular flexibility index (Phi) is 8.20. The van der Waals surface area contributed by atoms with Crippen LogP contribution >= 0.6 is 0 Å². The van der Waals surface area contributed by atoms with Crippen LogP contribution in [0.5, 0.6) is 17.2 Å². The van der Waals surface area contributed by atoms with Gasteiger partial charge in [0.1, 0.15) is 23.1 Å². The van der Waals surface area contributed by atoms with Crippen molar-refractivity contribution in [3.05, 3.63) is 75.5 Å². The molecule has 2 saturated carbocycles. The third kappa shape index (κ3) is 6.49. The maximum absolute atomic E-state index is 14.0. The van der Waals surface area contributed by atoms with Crippen LogP contribution in [0, 0.1) is 25.1 Å². The number of benzene rings is 2. The minimum atomic E-state index is -1.13. The number of ether oxygens (including phenoxy) is 2. The van der Waals surface area contributed by atoms with Crippen molar-refractivity contribution in [1.82, 2.24) is 9.47 Å². The fourth-order valence-corrected chi connectivity index (χ4v) is 6.01. The summed E-state index contributed by atoms with van der Waals surface area (Å²) in [6.07, 6.45) is 6.70. The van der Waals surface area contributed by atoms with Gasteiger partial charge in [-0.25, -0.2) is 4.39 Å². The Balaban J connectivity index is 1.47. The van der Waals surface area contributed by atoms with Gasteiger partial charge in [0, 0.05) is 48.9 Å². The molecular formula is C35H43FN2O5. The fourth-order valence-electron chi connectivity index (χ4n) is 6.01. The SMILES string of the molecule is Cc1cc(F)cc(C)c1Oc1ccc(C(C)(C)O)cc1-c1cn(C)c(=O)cc1OC1CCC(N(C)C(=O)C2(C)CC2)CC1. The van der Waals surface area contributed by atoms with Gasteiger partial charge < -0.3 is 24.0 Å². The van der Waals surface area contributed by atoms with Gasteiger partial charge in [0.05, 0.1) is 11.7 Å². The highest BCUT2D eigenvalue weighted by atomic mass is 19.1. The molecule has 0 unspecified atom stereocenters. The van der Waals surface area contributed by atoms with E-state index in [1.165, 1.54) is 22.8 Å². The molecule has 0 atom stereocenters. The van der Waals surface area contributed by atoms with Crippen molar-refractivity contribution in [2.75, 3.05) is 7.05 Å². The first-order valence-corrected chi connectivity index (χ1v) is 15.1. The molecule has 7 nitrogen and oxygen atoms in total. The Morgan fingerprint density at radius 1 is 1.02 bits per heavy atom. The lowest BCUT2D eigenvalue weighted by atomic mass is 9.91. The van der Waals surface area contributed by atoms with Crippen LogP contribution in [0.25, 0.3) is 11.1 Å². The van der Waals surface area contributed by atoms with E-state index in [1.54, 1.807) is 53.1 Å². The van der Waals surface area contributed by atoms with Crippen molar-refractivity contribution >= 4 is 5.91 Å². The number of carbonyl (C=O) groups excluding carboxylic acids is 1. The summed E-state index contributed by atoms with van der Waals surface area (Å²) in [4.78, 5) is 27.7. The lowest BCUT2D eigenvalue weighted by molar-refractivity contribution is -0.138. The quantitative estimate of drug-likeness (QED) is 0.313. The average molecular weight is 591 g/mol. The third-order valence-electron chi connectivity index (χ3n) is 9.13. The molecule has 0 spiro atoms. The molecule has 230 valence electrons. The van der Waals surface area contributed by atoms with Crippen molar-refractivity contribution in [1.29, 1.82) is 0 Å². The van der Waals surface area contributed by atoms with Gasteiger partial charge in [-0.1, -0.05) is 13.0 Å². The number of carbonyl (C=O) groups is 1. The van der Waals surface area contributed by atoms with Crippen molar-refractivity contribution < 1.29 is 23.8 Å². The Hall–Kier alpha value is -3.65. The van der Waals surface area contributed by atoms with Gasteiger partial charge in [0.2, 0.25) is 5.91 Å². The van der Waals surface area contributed by atoms with E-state index in [2.05, 4.69) is 0 Å². The summed E-state index contributed by atoms with van der Waals surface area (Å²) >= 11 is 0. The zero-order valence-electron chi connectivity index (χ0n) is 26.3. The standard InChI is InChI=1S/C35H43FN2O5/c1-21-16-24(36)17-22(2)32(21)43-29-13-8-23(34(3,4)41)18-27(29)28-20-37(6)31(39)19-30(28)42-26-11-9-25(10-12-26)38(7)33(40)35(5)14-15-35/h8,13,16-20,25-26,41H,9-12,14-15H2,1-7H3. The van der Waals surface area contributed by atoms with Gasteiger partial charge in [-0.15, -0.1) is 0 Å². The molecular weight excluding hydrogens is 547 g/mol. The van der Waals surface area contributed by atoms with E-state index < -0.39 is 5.60 Å². The molecule has 3 aromatic rings. The Bertz CT molecular complexity index is 1570. The summed E-state index contributed by atoms with van der Waals surface area (Å²) in [5.74, 6) is 1.37. The van der Waals surface area contributed by atoms with Crippen LogP contribution in [0.2, 0.25) is 0 Å². The molecule has 8 heteroatoms. The molecule has 0 bridgehead atoms. The maximum Gasteiger partial charge on any atom is 0.254 e. The number of aliphatic hydroxyl groups is 1. The molecule has 1 aromatic heterocycles. The molecule has 2 aliphatic rings. The molecule has 2 aliphatic carbocycles. The maximum atomic E-state index is 14.0. The number of hydrogen-bond donors (Lipinski definition) is 1. The summed E-state index contributed by atoms with van der Waals surface area (Å²) < 4.78 is 28.5. The first-order chi connectivity index (χ1) is 20.2. The van der Waals surface area contributed by atoms with Gasteiger partial charge in [0.15, 0.2) is 0 Å². The van der Waals surface area contributed by atoms with E-state index in [-0.39, 0.29) is 34.8 Å². The zero-order valence-corrected chi connectivity index (χ0v) is 26.3. The first kappa shape index (κ1) is 30.8. The Morgan fingerprint density at radius 2 is 1.65 bits per heavy atom. The highest BCUT2D eigenvalue weighted by Gasteiger charge is 2.47. The number of pyridine rings is 1. The summed E-state index contributed by atoms with van der Waals surface area (Å²) in [5, 5.41) is 10.9. The third-order valence-corrected chi connectivity index (χ3v) is 9.13. The fraction of sp³-hybridized carbons (Fsp3) is 0.486. The second kappa shape index (κ2) is 11.5. The van der Waals surface area contributed by atoms with E-state index in [4.69, 9.17) is 9.47 Å². The average Bonchev–Trinajstić information content (AvgIpc) is 3.70. The van der Waals surface area contributed by atoms with Crippen LogP contribution in [-0.2, 0) is 17.4 Å². The number of amides is 1. The predicted octanol–water partition coefficient (Wildman–Crippen LogP) is 6.78. The van der Waals surface area contributed by atoms with Crippen LogP contribution < -0.4 is 15.0 Å². The highest BCUT2D eigenvalue weighted by Crippen LogP contribution is 2.47. The number of rotatable bonds is 8. The first-order valence-electron chi connectivity index (χ1n) is 15.1. The smallest absolute Gasteiger partial charge is 0.254 e. The van der Waals surface area contributed by atoms with Crippen LogP contribution in [0.1, 0.15) is 76.0 Å². The molecule has 2 aromatic carbocycles. The Morgan fingerprint density at radius 3 is 2.23 bits per heavy atom. The molecule has 1 N–H and O–H groups in total. The lowest BCUT2D eigenvalue weighted by Gasteiger charge is -2.36. The van der Waals surface area contributed by atoms with E-state index in [0.29, 0.717) is 45.1 Å². The molecule has 2 fully saturated rings. The normalized spacial score (nSPS) is 19.6. The molecule has 43 heavy (non-hydrogen) atoms. The predicted molar refractivity (Wildman–Crippen MR) is 165 cm³/mol. The van der Waals surface area contributed by atoms with Gasteiger partial charge in [-0.3, -0.25) is 9.59 Å². The molecule has 0 radical (unpaired) electrons. The summed E-state index contributed by atoms with van der Waals surface area (Å²) in [5.41, 5.74) is 1.74. The van der Waals surface area contributed by atoms with Gasteiger partial charge in [0.25, 0.3) is 5.56 Å². The minimum Gasteiger partial charge on any atom is -0.490 e. The van der Waals surface area contributed by atoms with Crippen molar-refractivity contribution in [2.45, 2.75) is 90.9 Å². The van der Waals surface area contributed by atoms with Crippen LogP contribution in [0.4, 0.5) is 4.39 Å². The number of halogens is 1. The van der Waals surface area contributed by atoms with Gasteiger partial charge >= 0.3 is 0 Å². The Labute approximate surface area is 253 Å². The summed E-state index contributed by atoms with van der Waals surface area (Å²) in [6, 6.07) is 9.99. The van der Waals surface area contributed by atoms with Crippen molar-refractivity contribution in [2.24, 2.45) is 12.5 Å².